The highest BCUT2D eigenvalue weighted by Crippen LogP contribution is 2.29. The fraction of sp³-hybridized carbons (Fsp3) is 0.300. The molecule has 28 heavy (non-hydrogen) atoms. The zero-order chi connectivity index (χ0) is 20.1. The molecule has 1 saturated heterocycles. The van der Waals surface area contributed by atoms with Gasteiger partial charge >= 0.3 is 11.8 Å². The first-order valence-electron chi connectivity index (χ1n) is 8.85. The molecule has 0 aliphatic carbocycles. The lowest BCUT2D eigenvalue weighted by molar-refractivity contribution is -0.143. The van der Waals surface area contributed by atoms with Crippen LogP contribution in [0.2, 0.25) is 0 Å². The third kappa shape index (κ3) is 4.16. The highest BCUT2D eigenvalue weighted by Gasteiger charge is 2.27. The van der Waals surface area contributed by atoms with E-state index >= 15 is 0 Å². The molecule has 3 rings (SSSR count). The minimum Gasteiger partial charge on any atom is -0.493 e. The van der Waals surface area contributed by atoms with Gasteiger partial charge in [-0.15, -0.1) is 0 Å². The molecule has 0 saturated carbocycles. The number of methoxy groups -OCH3 is 2. The average Bonchev–Trinajstić information content (AvgIpc) is 2.73. The summed E-state index contributed by atoms with van der Waals surface area (Å²) in [4.78, 5) is 28.1. The second-order valence-corrected chi connectivity index (χ2v) is 6.25. The van der Waals surface area contributed by atoms with Crippen LogP contribution in [0.5, 0.6) is 11.5 Å². The zero-order valence-corrected chi connectivity index (χ0v) is 15.8. The predicted octanol–water partition coefficient (Wildman–Crippen LogP) is 2.13. The number of carbonyl (C=O) groups excluding carboxylic acids is 2. The van der Waals surface area contributed by atoms with E-state index in [1.165, 1.54) is 25.2 Å². The first kappa shape index (κ1) is 19.5. The largest absolute Gasteiger partial charge is 0.493 e. The van der Waals surface area contributed by atoms with Gasteiger partial charge in [0.15, 0.2) is 11.5 Å². The lowest BCUT2D eigenvalue weighted by Gasteiger charge is -2.35. The molecule has 0 radical (unpaired) electrons. The van der Waals surface area contributed by atoms with Crippen molar-refractivity contribution in [3.8, 4) is 11.5 Å². The van der Waals surface area contributed by atoms with E-state index < -0.39 is 11.8 Å². The summed E-state index contributed by atoms with van der Waals surface area (Å²) in [5.41, 5.74) is 0.936. The molecule has 1 heterocycles. The predicted molar refractivity (Wildman–Crippen MR) is 103 cm³/mol. The molecule has 7 nitrogen and oxygen atoms in total. The minimum atomic E-state index is -0.730. The van der Waals surface area contributed by atoms with Crippen LogP contribution in [0.3, 0.4) is 0 Å². The van der Waals surface area contributed by atoms with Gasteiger partial charge < -0.3 is 24.6 Å². The maximum atomic E-state index is 13.9. The van der Waals surface area contributed by atoms with Crippen LogP contribution in [0.15, 0.2) is 42.5 Å². The number of anilines is 2. The highest BCUT2D eigenvalue weighted by molar-refractivity contribution is 6.39. The molecule has 2 amide bonds. The van der Waals surface area contributed by atoms with Crippen LogP contribution in [0, 0.1) is 5.82 Å². The molecular formula is C20H22FN3O4. The molecule has 0 spiro atoms. The number of hydrogen-bond acceptors (Lipinski definition) is 5. The van der Waals surface area contributed by atoms with E-state index in [1.807, 2.05) is 4.90 Å². The van der Waals surface area contributed by atoms with Crippen molar-refractivity contribution in [2.45, 2.75) is 0 Å². The molecule has 1 fully saturated rings. The normalized spacial score (nSPS) is 13.8. The molecule has 2 aromatic rings. The Morgan fingerprint density at radius 1 is 0.964 bits per heavy atom. The van der Waals surface area contributed by atoms with Crippen molar-refractivity contribution in [3.05, 3.63) is 48.3 Å². The first-order chi connectivity index (χ1) is 13.5. The van der Waals surface area contributed by atoms with Crippen molar-refractivity contribution in [1.82, 2.24) is 4.90 Å². The monoisotopic (exact) mass is 387 g/mol. The average molecular weight is 387 g/mol. The number of benzene rings is 2. The Morgan fingerprint density at radius 3 is 2.29 bits per heavy atom. The van der Waals surface area contributed by atoms with Crippen LogP contribution in [-0.4, -0.2) is 57.1 Å². The number of carbonyl (C=O) groups is 2. The Labute approximate surface area is 162 Å². The Morgan fingerprint density at radius 2 is 1.64 bits per heavy atom. The third-order valence-corrected chi connectivity index (χ3v) is 4.60. The molecule has 0 bridgehead atoms. The number of hydrogen-bond donors (Lipinski definition) is 1. The Hall–Kier alpha value is -3.29. The van der Waals surface area contributed by atoms with Crippen molar-refractivity contribution < 1.29 is 23.5 Å². The number of rotatable bonds is 4. The Kier molecular flexibility index (Phi) is 5.98. The SMILES string of the molecule is COc1ccc(NC(=O)C(=O)N2CCN(c3ccccc3F)CC2)cc1OC. The van der Waals surface area contributed by atoms with Crippen LogP contribution >= 0.6 is 0 Å². The van der Waals surface area contributed by atoms with Crippen molar-refractivity contribution in [1.29, 1.82) is 0 Å². The van der Waals surface area contributed by atoms with Crippen LogP contribution in [-0.2, 0) is 9.59 Å². The molecule has 0 unspecified atom stereocenters. The van der Waals surface area contributed by atoms with E-state index in [2.05, 4.69) is 5.32 Å². The van der Waals surface area contributed by atoms with Crippen LogP contribution < -0.4 is 19.7 Å². The number of ether oxygens (including phenoxy) is 2. The summed E-state index contributed by atoms with van der Waals surface area (Å²) < 4.78 is 24.3. The summed E-state index contributed by atoms with van der Waals surface area (Å²) in [5.74, 6) is -0.676. The van der Waals surface area contributed by atoms with Crippen molar-refractivity contribution in [2.24, 2.45) is 0 Å². The molecule has 0 aromatic heterocycles. The summed E-state index contributed by atoms with van der Waals surface area (Å²) in [6.45, 7) is 1.59. The van der Waals surface area contributed by atoms with Gasteiger partial charge in [0, 0.05) is 37.9 Å². The zero-order valence-electron chi connectivity index (χ0n) is 15.8. The summed E-state index contributed by atoms with van der Waals surface area (Å²) in [5, 5.41) is 2.58. The van der Waals surface area contributed by atoms with Gasteiger partial charge in [0.25, 0.3) is 0 Å². The van der Waals surface area contributed by atoms with Gasteiger partial charge in [-0.3, -0.25) is 9.59 Å². The Balaban J connectivity index is 1.59. The fourth-order valence-corrected chi connectivity index (χ4v) is 3.10. The van der Waals surface area contributed by atoms with E-state index in [9.17, 15) is 14.0 Å². The second-order valence-electron chi connectivity index (χ2n) is 6.25. The molecule has 8 heteroatoms. The molecule has 148 valence electrons. The fourth-order valence-electron chi connectivity index (χ4n) is 3.10. The summed E-state index contributed by atoms with van der Waals surface area (Å²) in [7, 11) is 3.00. The smallest absolute Gasteiger partial charge is 0.313 e. The van der Waals surface area contributed by atoms with Crippen LogP contribution in [0.1, 0.15) is 0 Å². The van der Waals surface area contributed by atoms with Gasteiger partial charge in [-0.25, -0.2) is 4.39 Å². The Bertz CT molecular complexity index is 866. The third-order valence-electron chi connectivity index (χ3n) is 4.60. The molecule has 1 aliphatic rings. The number of piperazine rings is 1. The molecule has 2 aromatic carbocycles. The summed E-state index contributed by atoms with van der Waals surface area (Å²) in [6, 6.07) is 11.4. The lowest BCUT2D eigenvalue weighted by atomic mass is 10.2. The van der Waals surface area contributed by atoms with Gasteiger partial charge in [-0.05, 0) is 24.3 Å². The number of amides is 2. The standard InChI is InChI=1S/C20H22FN3O4/c1-27-17-8-7-14(13-18(17)28-2)22-19(25)20(26)24-11-9-23(10-12-24)16-6-4-3-5-15(16)21/h3-8,13H,9-12H2,1-2H3,(H,22,25). The number of halogens is 1. The topological polar surface area (TPSA) is 71.1 Å². The van der Waals surface area contributed by atoms with Crippen molar-refractivity contribution >= 4 is 23.2 Å². The minimum absolute atomic E-state index is 0.298. The van der Waals surface area contributed by atoms with Crippen molar-refractivity contribution in [3.63, 3.8) is 0 Å². The second kappa shape index (κ2) is 8.60. The highest BCUT2D eigenvalue weighted by atomic mass is 19.1. The quantitative estimate of drug-likeness (QED) is 0.814. The van der Waals surface area contributed by atoms with Gasteiger partial charge in [0.2, 0.25) is 0 Å². The molecule has 1 N–H and O–H groups in total. The number of para-hydroxylation sites is 1. The first-order valence-corrected chi connectivity index (χ1v) is 8.85. The molecule has 1 aliphatic heterocycles. The molecular weight excluding hydrogens is 365 g/mol. The van der Waals surface area contributed by atoms with Crippen LogP contribution in [0.25, 0.3) is 0 Å². The van der Waals surface area contributed by atoms with Gasteiger partial charge in [-0.2, -0.15) is 0 Å². The number of nitrogens with zero attached hydrogens (tertiary/aromatic N) is 2. The summed E-state index contributed by atoms with van der Waals surface area (Å²) >= 11 is 0. The summed E-state index contributed by atoms with van der Waals surface area (Å²) in [6.07, 6.45) is 0. The number of nitrogens with one attached hydrogen (secondary N) is 1. The van der Waals surface area contributed by atoms with Gasteiger partial charge in [-0.1, -0.05) is 12.1 Å². The van der Waals surface area contributed by atoms with Crippen LogP contribution in [0.4, 0.5) is 15.8 Å². The van der Waals surface area contributed by atoms with E-state index in [1.54, 1.807) is 36.4 Å². The van der Waals surface area contributed by atoms with E-state index in [0.717, 1.165) is 0 Å². The van der Waals surface area contributed by atoms with Crippen molar-refractivity contribution in [2.75, 3.05) is 50.6 Å². The van der Waals surface area contributed by atoms with E-state index in [4.69, 9.17) is 9.47 Å². The van der Waals surface area contributed by atoms with Gasteiger partial charge in [0.05, 0.1) is 19.9 Å². The molecule has 0 atom stereocenters. The van der Waals surface area contributed by atoms with E-state index in [-0.39, 0.29) is 5.82 Å². The maximum absolute atomic E-state index is 13.9. The van der Waals surface area contributed by atoms with E-state index in [0.29, 0.717) is 49.1 Å². The maximum Gasteiger partial charge on any atom is 0.313 e. The van der Waals surface area contributed by atoms with Gasteiger partial charge in [0.1, 0.15) is 5.82 Å². The lowest BCUT2D eigenvalue weighted by Crippen LogP contribution is -2.51.